The molecule has 1 aliphatic rings. The van der Waals surface area contributed by atoms with E-state index in [4.69, 9.17) is 4.74 Å². The van der Waals surface area contributed by atoms with Crippen molar-refractivity contribution in [2.45, 2.75) is 33.2 Å². The van der Waals surface area contributed by atoms with E-state index in [9.17, 15) is 18.8 Å². The van der Waals surface area contributed by atoms with Crippen molar-refractivity contribution in [3.8, 4) is 11.4 Å². The Morgan fingerprint density at radius 1 is 1.06 bits per heavy atom. The summed E-state index contributed by atoms with van der Waals surface area (Å²) in [7, 11) is 0. The summed E-state index contributed by atoms with van der Waals surface area (Å²) in [5.74, 6) is -0.596. The standard InChI is InChI=1S/C26H26FN3O4/c1-5-34-21-12-10-20(11-13-21)30-16(2)14-22(17(30)3)23(31)15-29-24(32)26(4,28-25(29)33)18-6-8-19(27)9-7-18/h6-14H,5,15H2,1-4H3,(H,28,33). The van der Waals surface area contributed by atoms with Gasteiger partial charge in [-0.15, -0.1) is 0 Å². The average Bonchev–Trinajstić information content (AvgIpc) is 3.22. The lowest BCUT2D eigenvalue weighted by Gasteiger charge is -2.22. The van der Waals surface area contributed by atoms with Crippen molar-refractivity contribution >= 4 is 17.7 Å². The molecule has 4 rings (SSSR count). The molecule has 3 amide bonds. The van der Waals surface area contributed by atoms with Crippen LogP contribution in [0.4, 0.5) is 9.18 Å². The van der Waals surface area contributed by atoms with Crippen molar-refractivity contribution in [3.05, 3.63) is 82.9 Å². The first-order valence-corrected chi connectivity index (χ1v) is 11.0. The molecule has 34 heavy (non-hydrogen) atoms. The van der Waals surface area contributed by atoms with Crippen molar-refractivity contribution in [3.63, 3.8) is 0 Å². The number of halogens is 1. The number of hydrogen-bond donors (Lipinski definition) is 1. The number of rotatable bonds is 7. The fraction of sp³-hybridized carbons (Fsp3) is 0.269. The van der Waals surface area contributed by atoms with Crippen LogP contribution in [0.5, 0.6) is 5.75 Å². The molecule has 8 heteroatoms. The molecule has 1 atom stereocenters. The maximum Gasteiger partial charge on any atom is 0.325 e. The number of Topliss-reactive ketones (excluding diaryl/α,β-unsaturated/α-hetero) is 1. The number of ketones is 1. The predicted molar refractivity (Wildman–Crippen MR) is 125 cm³/mol. The summed E-state index contributed by atoms with van der Waals surface area (Å²) >= 11 is 0. The molecule has 1 saturated heterocycles. The van der Waals surface area contributed by atoms with Crippen molar-refractivity contribution < 1.29 is 23.5 Å². The summed E-state index contributed by atoms with van der Waals surface area (Å²) in [6.45, 7) is 7.35. The van der Waals surface area contributed by atoms with E-state index in [1.807, 2.05) is 49.6 Å². The summed E-state index contributed by atoms with van der Waals surface area (Å²) in [4.78, 5) is 39.9. The van der Waals surface area contributed by atoms with E-state index in [2.05, 4.69) is 5.32 Å². The third kappa shape index (κ3) is 3.96. The third-order valence-corrected chi connectivity index (χ3v) is 6.14. The van der Waals surface area contributed by atoms with Crippen LogP contribution in [0.25, 0.3) is 5.69 Å². The number of carbonyl (C=O) groups excluding carboxylic acids is 3. The number of nitrogens with zero attached hydrogens (tertiary/aromatic N) is 2. The zero-order chi connectivity index (χ0) is 24.6. The summed E-state index contributed by atoms with van der Waals surface area (Å²) in [6.07, 6.45) is 0. The van der Waals surface area contributed by atoms with Crippen LogP contribution < -0.4 is 10.1 Å². The highest BCUT2D eigenvalue weighted by molar-refractivity contribution is 6.11. The number of benzene rings is 2. The van der Waals surface area contributed by atoms with Gasteiger partial charge in [0.2, 0.25) is 0 Å². The molecule has 0 radical (unpaired) electrons. The number of ether oxygens (including phenoxy) is 1. The smallest absolute Gasteiger partial charge is 0.325 e. The first kappa shape index (κ1) is 23.2. The minimum atomic E-state index is -1.37. The monoisotopic (exact) mass is 463 g/mol. The number of imide groups is 1. The average molecular weight is 464 g/mol. The van der Waals surface area contributed by atoms with Gasteiger partial charge in [0.05, 0.1) is 13.2 Å². The topological polar surface area (TPSA) is 80.6 Å². The van der Waals surface area contributed by atoms with Gasteiger partial charge in [-0.05, 0) is 75.7 Å². The molecule has 2 aromatic carbocycles. The van der Waals surface area contributed by atoms with Crippen LogP contribution in [-0.2, 0) is 10.3 Å². The molecular weight excluding hydrogens is 437 g/mol. The van der Waals surface area contributed by atoms with Gasteiger partial charge in [0, 0.05) is 22.6 Å². The van der Waals surface area contributed by atoms with Gasteiger partial charge in [0.25, 0.3) is 5.91 Å². The van der Waals surface area contributed by atoms with Crippen LogP contribution in [0.15, 0.2) is 54.6 Å². The van der Waals surface area contributed by atoms with Crippen LogP contribution in [0.1, 0.15) is 41.2 Å². The highest BCUT2D eigenvalue weighted by atomic mass is 19.1. The van der Waals surface area contributed by atoms with E-state index in [-0.39, 0.29) is 5.78 Å². The fourth-order valence-corrected chi connectivity index (χ4v) is 4.35. The second kappa shape index (κ2) is 8.78. The normalized spacial score (nSPS) is 17.7. The van der Waals surface area contributed by atoms with E-state index >= 15 is 0 Å². The van der Waals surface area contributed by atoms with Crippen LogP contribution >= 0.6 is 0 Å². The van der Waals surface area contributed by atoms with Crippen LogP contribution in [0.3, 0.4) is 0 Å². The lowest BCUT2D eigenvalue weighted by atomic mass is 9.92. The molecule has 3 aromatic rings. The molecule has 7 nitrogen and oxygen atoms in total. The van der Waals surface area contributed by atoms with Crippen molar-refractivity contribution in [2.24, 2.45) is 0 Å². The molecule has 0 bridgehead atoms. The molecule has 1 fully saturated rings. The lowest BCUT2D eigenvalue weighted by Crippen LogP contribution is -2.41. The van der Waals surface area contributed by atoms with Gasteiger partial charge in [-0.3, -0.25) is 14.5 Å². The molecule has 0 spiro atoms. The second-order valence-corrected chi connectivity index (χ2v) is 8.42. The molecule has 176 valence electrons. The number of urea groups is 1. The van der Waals surface area contributed by atoms with E-state index in [0.29, 0.717) is 23.4 Å². The largest absolute Gasteiger partial charge is 0.494 e. The van der Waals surface area contributed by atoms with Gasteiger partial charge in [0.15, 0.2) is 5.78 Å². The van der Waals surface area contributed by atoms with Crippen molar-refractivity contribution in [1.82, 2.24) is 14.8 Å². The van der Waals surface area contributed by atoms with Gasteiger partial charge in [-0.2, -0.15) is 0 Å². The summed E-state index contributed by atoms with van der Waals surface area (Å²) in [6, 6.07) is 14.0. The molecule has 0 saturated carbocycles. The van der Waals surface area contributed by atoms with Crippen LogP contribution in [0, 0.1) is 19.7 Å². The Hall–Kier alpha value is -3.94. The lowest BCUT2D eigenvalue weighted by molar-refractivity contribution is -0.130. The maximum atomic E-state index is 13.3. The second-order valence-electron chi connectivity index (χ2n) is 8.42. The summed E-state index contributed by atoms with van der Waals surface area (Å²) < 4.78 is 20.8. The Balaban J connectivity index is 1.57. The fourth-order valence-electron chi connectivity index (χ4n) is 4.35. The van der Waals surface area contributed by atoms with Crippen molar-refractivity contribution in [1.29, 1.82) is 0 Å². The number of hydrogen-bond acceptors (Lipinski definition) is 4. The molecule has 1 aliphatic heterocycles. The zero-order valence-electron chi connectivity index (χ0n) is 19.5. The number of aryl methyl sites for hydroxylation is 1. The molecule has 1 N–H and O–H groups in total. The van der Waals surface area contributed by atoms with Crippen LogP contribution in [-0.4, -0.2) is 40.3 Å². The predicted octanol–water partition coefficient (Wildman–Crippen LogP) is 4.28. The molecular formula is C26H26FN3O4. The first-order chi connectivity index (χ1) is 16.2. The Morgan fingerprint density at radius 2 is 1.71 bits per heavy atom. The maximum absolute atomic E-state index is 13.3. The van der Waals surface area contributed by atoms with Gasteiger partial charge in [-0.25, -0.2) is 9.18 Å². The molecule has 2 heterocycles. The minimum Gasteiger partial charge on any atom is -0.494 e. The summed E-state index contributed by atoms with van der Waals surface area (Å²) in [5.41, 5.74) is 1.93. The minimum absolute atomic E-state index is 0.350. The first-order valence-electron chi connectivity index (χ1n) is 11.0. The quantitative estimate of drug-likeness (QED) is 0.419. The Labute approximate surface area is 197 Å². The molecule has 1 aromatic heterocycles. The van der Waals surface area contributed by atoms with Gasteiger partial charge < -0.3 is 14.6 Å². The zero-order valence-corrected chi connectivity index (χ0v) is 19.5. The third-order valence-electron chi connectivity index (χ3n) is 6.14. The van der Waals surface area contributed by atoms with Crippen LogP contribution in [0.2, 0.25) is 0 Å². The Kier molecular flexibility index (Phi) is 6.00. The molecule has 1 unspecified atom stereocenters. The van der Waals surface area contributed by atoms with E-state index in [1.54, 1.807) is 13.0 Å². The number of amides is 3. The van der Waals surface area contributed by atoms with Gasteiger partial charge in [0.1, 0.15) is 17.1 Å². The van der Waals surface area contributed by atoms with Gasteiger partial charge in [-0.1, -0.05) is 12.1 Å². The highest BCUT2D eigenvalue weighted by Gasteiger charge is 2.49. The number of carbonyl (C=O) groups is 3. The number of nitrogens with one attached hydrogen (secondary N) is 1. The van der Waals surface area contributed by atoms with E-state index < -0.39 is 29.8 Å². The molecule has 0 aliphatic carbocycles. The number of aromatic nitrogens is 1. The van der Waals surface area contributed by atoms with E-state index in [1.165, 1.54) is 24.3 Å². The van der Waals surface area contributed by atoms with Crippen molar-refractivity contribution in [2.75, 3.05) is 13.2 Å². The van der Waals surface area contributed by atoms with Gasteiger partial charge >= 0.3 is 6.03 Å². The highest BCUT2D eigenvalue weighted by Crippen LogP contribution is 2.30. The Bertz CT molecular complexity index is 1260. The Morgan fingerprint density at radius 3 is 2.32 bits per heavy atom. The SMILES string of the molecule is CCOc1ccc(-n2c(C)cc(C(=O)CN3C(=O)NC(C)(c4ccc(F)cc4)C3=O)c2C)cc1. The summed E-state index contributed by atoms with van der Waals surface area (Å²) in [5, 5.41) is 2.64. The van der Waals surface area contributed by atoms with E-state index in [0.717, 1.165) is 22.0 Å².